The van der Waals surface area contributed by atoms with E-state index in [-0.39, 0.29) is 11.8 Å². The number of nitrogens with zero attached hydrogens (tertiary/aromatic N) is 1. The quantitative estimate of drug-likeness (QED) is 0.783. The average molecular weight is 380 g/mol. The van der Waals surface area contributed by atoms with Crippen LogP contribution in [0.4, 0.5) is 5.69 Å². The minimum Gasteiger partial charge on any atom is -0.493 e. The summed E-state index contributed by atoms with van der Waals surface area (Å²) in [6.45, 7) is 2.39. The summed E-state index contributed by atoms with van der Waals surface area (Å²) in [4.78, 5) is 27.0. The van der Waals surface area contributed by atoms with Crippen LogP contribution in [0, 0.1) is 0 Å². The minimum atomic E-state index is -0.542. The second-order valence-electron chi connectivity index (χ2n) is 6.40. The van der Waals surface area contributed by atoms with Crippen LogP contribution in [0.3, 0.4) is 0 Å². The van der Waals surface area contributed by atoms with E-state index in [0.29, 0.717) is 24.5 Å². The zero-order chi connectivity index (χ0) is 20.1. The maximum absolute atomic E-state index is 13.0. The fourth-order valence-electron chi connectivity index (χ4n) is 3.36. The van der Waals surface area contributed by atoms with Gasteiger partial charge in [0.15, 0.2) is 11.5 Å². The summed E-state index contributed by atoms with van der Waals surface area (Å²) in [6, 6.07) is 12.5. The van der Waals surface area contributed by atoms with Gasteiger partial charge in [-0.25, -0.2) is 0 Å². The van der Waals surface area contributed by atoms with Crippen LogP contribution in [0.5, 0.6) is 11.5 Å². The van der Waals surface area contributed by atoms with Gasteiger partial charge in [-0.05, 0) is 42.3 Å². The second-order valence-corrected chi connectivity index (χ2v) is 6.40. The van der Waals surface area contributed by atoms with E-state index >= 15 is 0 Å². The molecule has 28 heavy (non-hydrogen) atoms. The third-order valence-electron chi connectivity index (χ3n) is 4.69. The zero-order valence-corrected chi connectivity index (χ0v) is 16.3. The summed E-state index contributed by atoms with van der Waals surface area (Å²) in [7, 11) is 3.14. The highest BCUT2D eigenvalue weighted by Gasteiger charge is 2.37. The lowest BCUT2D eigenvalue weighted by Gasteiger charge is -2.23. The Balaban J connectivity index is 1.86. The van der Waals surface area contributed by atoms with Gasteiger partial charge in [0, 0.05) is 24.7 Å². The summed E-state index contributed by atoms with van der Waals surface area (Å²) in [5.74, 6) is 0.821. The fraction of sp³-hybridized carbons (Fsp3) is 0.273. The molecule has 0 aliphatic carbocycles. The maximum Gasteiger partial charge on any atom is 0.251 e. The van der Waals surface area contributed by atoms with Gasteiger partial charge in [-0.3, -0.25) is 14.5 Å². The molecule has 1 heterocycles. The molecule has 0 saturated carbocycles. The molecule has 1 atom stereocenters. The van der Waals surface area contributed by atoms with E-state index in [1.54, 1.807) is 37.3 Å². The van der Waals surface area contributed by atoms with Gasteiger partial charge in [-0.1, -0.05) is 24.3 Å². The van der Waals surface area contributed by atoms with Gasteiger partial charge < -0.3 is 14.8 Å². The van der Waals surface area contributed by atoms with Crippen molar-refractivity contribution in [1.29, 1.82) is 0 Å². The lowest BCUT2D eigenvalue weighted by atomic mass is 10.1. The molecule has 2 aromatic rings. The molecule has 2 aromatic carbocycles. The van der Waals surface area contributed by atoms with E-state index in [1.165, 1.54) is 6.08 Å². The first kappa shape index (κ1) is 19.5. The van der Waals surface area contributed by atoms with E-state index < -0.39 is 6.04 Å². The monoisotopic (exact) mass is 380 g/mol. The van der Waals surface area contributed by atoms with E-state index in [1.807, 2.05) is 37.3 Å². The van der Waals surface area contributed by atoms with Crippen molar-refractivity contribution in [2.24, 2.45) is 0 Å². The lowest BCUT2D eigenvalue weighted by molar-refractivity contribution is -0.124. The Morgan fingerprint density at radius 1 is 1.14 bits per heavy atom. The molecule has 6 heteroatoms. The summed E-state index contributed by atoms with van der Waals surface area (Å²) >= 11 is 0. The molecule has 0 aromatic heterocycles. The van der Waals surface area contributed by atoms with Crippen LogP contribution >= 0.6 is 0 Å². The first-order valence-corrected chi connectivity index (χ1v) is 9.18. The number of anilines is 1. The number of ether oxygens (including phenoxy) is 2. The number of para-hydroxylation sites is 1. The number of rotatable bonds is 6. The average Bonchev–Trinajstić information content (AvgIpc) is 3.11. The van der Waals surface area contributed by atoms with Crippen molar-refractivity contribution in [3.05, 3.63) is 59.7 Å². The number of carbonyl (C=O) groups is 2. The van der Waals surface area contributed by atoms with Crippen molar-refractivity contribution in [2.45, 2.75) is 19.4 Å². The number of methoxy groups -OCH3 is 2. The Labute approximate surface area is 164 Å². The number of hydrogen-bond donors (Lipinski definition) is 1. The SMILES string of the molecule is CCNC(=O)[C@H]1Cc2ccccc2N1C(=O)/C=C\c1ccc(OC)c(OC)c1. The van der Waals surface area contributed by atoms with Crippen LogP contribution in [0.1, 0.15) is 18.1 Å². The topological polar surface area (TPSA) is 67.9 Å². The second kappa shape index (κ2) is 8.61. The molecule has 0 fully saturated rings. The van der Waals surface area contributed by atoms with Crippen LogP contribution in [-0.4, -0.2) is 38.6 Å². The van der Waals surface area contributed by atoms with Crippen molar-refractivity contribution >= 4 is 23.6 Å². The third-order valence-corrected chi connectivity index (χ3v) is 4.69. The van der Waals surface area contributed by atoms with Crippen molar-refractivity contribution in [3.8, 4) is 11.5 Å². The van der Waals surface area contributed by atoms with Gasteiger partial charge in [0.25, 0.3) is 5.91 Å². The van der Waals surface area contributed by atoms with Gasteiger partial charge in [0.1, 0.15) is 6.04 Å². The van der Waals surface area contributed by atoms with E-state index in [2.05, 4.69) is 5.32 Å². The van der Waals surface area contributed by atoms with Crippen LogP contribution in [0.2, 0.25) is 0 Å². The normalized spacial score (nSPS) is 15.4. The predicted molar refractivity (Wildman–Crippen MR) is 109 cm³/mol. The van der Waals surface area contributed by atoms with Crippen LogP contribution in [0.25, 0.3) is 6.08 Å². The first-order valence-electron chi connectivity index (χ1n) is 9.18. The molecule has 3 rings (SSSR count). The maximum atomic E-state index is 13.0. The Kier molecular flexibility index (Phi) is 5.99. The number of amides is 2. The molecule has 0 radical (unpaired) electrons. The molecular formula is C22H24N2O4. The van der Waals surface area contributed by atoms with Crippen LogP contribution < -0.4 is 19.7 Å². The largest absolute Gasteiger partial charge is 0.493 e. The van der Waals surface area contributed by atoms with Gasteiger partial charge in [0.2, 0.25) is 5.91 Å². The van der Waals surface area contributed by atoms with Crippen molar-refractivity contribution in [3.63, 3.8) is 0 Å². The number of nitrogens with one attached hydrogen (secondary N) is 1. The minimum absolute atomic E-state index is 0.147. The number of benzene rings is 2. The molecule has 1 aliphatic rings. The number of likely N-dealkylation sites (N-methyl/N-ethyl adjacent to an activating group) is 1. The lowest BCUT2D eigenvalue weighted by Crippen LogP contribution is -2.47. The van der Waals surface area contributed by atoms with E-state index in [9.17, 15) is 9.59 Å². The van der Waals surface area contributed by atoms with Crippen molar-refractivity contribution in [2.75, 3.05) is 25.7 Å². The number of hydrogen-bond acceptors (Lipinski definition) is 4. The Morgan fingerprint density at radius 2 is 1.89 bits per heavy atom. The summed E-state index contributed by atoms with van der Waals surface area (Å²) in [5.41, 5.74) is 2.57. The highest BCUT2D eigenvalue weighted by Crippen LogP contribution is 2.33. The molecule has 146 valence electrons. The van der Waals surface area contributed by atoms with Crippen LogP contribution in [0.15, 0.2) is 48.5 Å². The molecule has 0 bridgehead atoms. The summed E-state index contributed by atoms with van der Waals surface area (Å²) < 4.78 is 10.5. The smallest absolute Gasteiger partial charge is 0.251 e. The summed E-state index contributed by atoms with van der Waals surface area (Å²) in [6.07, 6.45) is 3.70. The standard InChI is InChI=1S/C22H24N2O4/c1-4-23-22(26)18-14-16-7-5-6-8-17(16)24(18)21(25)12-10-15-9-11-19(27-2)20(13-15)28-3/h5-13,18H,4,14H2,1-3H3,(H,23,26)/b12-10-/t18-/m1/s1. The van der Waals surface area contributed by atoms with Crippen LogP contribution in [-0.2, 0) is 16.0 Å². The van der Waals surface area contributed by atoms with Gasteiger partial charge in [-0.2, -0.15) is 0 Å². The molecule has 0 unspecified atom stereocenters. The molecule has 2 amide bonds. The Hall–Kier alpha value is -3.28. The number of fused-ring (bicyclic) bond motifs is 1. The third kappa shape index (κ3) is 3.86. The van der Waals surface area contributed by atoms with Gasteiger partial charge >= 0.3 is 0 Å². The number of carbonyl (C=O) groups excluding carboxylic acids is 2. The van der Waals surface area contributed by atoms with Crippen molar-refractivity contribution in [1.82, 2.24) is 5.32 Å². The van der Waals surface area contributed by atoms with E-state index in [0.717, 1.165) is 16.8 Å². The molecule has 1 N–H and O–H groups in total. The highest BCUT2D eigenvalue weighted by atomic mass is 16.5. The molecule has 1 aliphatic heterocycles. The Morgan fingerprint density at radius 3 is 2.61 bits per heavy atom. The summed E-state index contributed by atoms with van der Waals surface area (Å²) in [5, 5.41) is 2.82. The predicted octanol–water partition coefficient (Wildman–Crippen LogP) is 2.81. The molecule has 6 nitrogen and oxygen atoms in total. The van der Waals surface area contributed by atoms with E-state index in [4.69, 9.17) is 9.47 Å². The fourth-order valence-corrected chi connectivity index (χ4v) is 3.36. The Bertz CT molecular complexity index is 907. The molecule has 0 spiro atoms. The van der Waals surface area contributed by atoms with Crippen molar-refractivity contribution < 1.29 is 19.1 Å². The molecular weight excluding hydrogens is 356 g/mol. The van der Waals surface area contributed by atoms with Gasteiger partial charge in [0.05, 0.1) is 14.2 Å². The highest BCUT2D eigenvalue weighted by molar-refractivity contribution is 6.09. The first-order chi connectivity index (χ1) is 13.6. The zero-order valence-electron chi connectivity index (χ0n) is 16.3. The molecule has 0 saturated heterocycles. The van der Waals surface area contributed by atoms with Gasteiger partial charge in [-0.15, -0.1) is 0 Å².